The highest BCUT2D eigenvalue weighted by molar-refractivity contribution is 5.86. The Morgan fingerprint density at radius 3 is 2.62 bits per heavy atom. The van der Waals surface area contributed by atoms with Crippen LogP contribution in [0.1, 0.15) is 13.3 Å². The molecule has 0 radical (unpaired) electrons. The molecule has 5 nitrogen and oxygen atoms in total. The van der Waals surface area contributed by atoms with Crippen LogP contribution in [0.5, 0.6) is 0 Å². The third-order valence-corrected chi connectivity index (χ3v) is 1.30. The van der Waals surface area contributed by atoms with E-state index in [0.29, 0.717) is 6.42 Å². The van der Waals surface area contributed by atoms with Gasteiger partial charge in [-0.3, -0.25) is 14.4 Å². The molecule has 0 saturated heterocycles. The molecule has 0 saturated carbocycles. The van der Waals surface area contributed by atoms with Gasteiger partial charge in [0.1, 0.15) is 6.04 Å². The maximum atomic E-state index is 11.2. The number of hydrogen-bond acceptors (Lipinski definition) is 3. The summed E-state index contributed by atoms with van der Waals surface area (Å²) in [6, 6.07) is -0.616. The maximum absolute atomic E-state index is 11.2. The molecule has 1 unspecified atom stereocenters. The summed E-state index contributed by atoms with van der Waals surface area (Å²) in [5.41, 5.74) is 2.13. The van der Waals surface area contributed by atoms with Crippen molar-refractivity contribution >= 4 is 11.8 Å². The standard InChI is InChI=1S/C8H14N2O3/c1-4-5-7(9-6(2)11)8(12)10-13-3/h4,7H,1,5H2,2-3H3,(H,9,11)(H,10,12). The number of hydroxylamine groups is 1. The Balaban J connectivity index is 4.13. The lowest BCUT2D eigenvalue weighted by atomic mass is 10.2. The summed E-state index contributed by atoms with van der Waals surface area (Å²) in [7, 11) is 1.33. The maximum Gasteiger partial charge on any atom is 0.266 e. The first-order valence-corrected chi connectivity index (χ1v) is 3.82. The summed E-state index contributed by atoms with van der Waals surface area (Å²) >= 11 is 0. The first-order valence-electron chi connectivity index (χ1n) is 3.82. The van der Waals surface area contributed by atoms with Gasteiger partial charge in [-0.15, -0.1) is 6.58 Å². The Kier molecular flexibility index (Phi) is 5.54. The lowest BCUT2D eigenvalue weighted by Gasteiger charge is -2.14. The molecule has 13 heavy (non-hydrogen) atoms. The number of amides is 2. The average molecular weight is 186 g/mol. The molecule has 0 aromatic carbocycles. The molecule has 0 fully saturated rings. The predicted molar refractivity (Wildman–Crippen MR) is 47.6 cm³/mol. The Morgan fingerprint density at radius 2 is 2.23 bits per heavy atom. The Hall–Kier alpha value is -1.36. The summed E-state index contributed by atoms with van der Waals surface area (Å²) in [4.78, 5) is 26.3. The molecule has 1 atom stereocenters. The van der Waals surface area contributed by atoms with Gasteiger partial charge >= 0.3 is 0 Å². The first-order chi connectivity index (χ1) is 6.11. The lowest BCUT2D eigenvalue weighted by Crippen LogP contribution is -2.45. The van der Waals surface area contributed by atoms with Gasteiger partial charge in [0, 0.05) is 6.92 Å². The van der Waals surface area contributed by atoms with E-state index in [-0.39, 0.29) is 5.91 Å². The van der Waals surface area contributed by atoms with Gasteiger partial charge in [0.25, 0.3) is 5.91 Å². The van der Waals surface area contributed by atoms with Crippen LogP contribution >= 0.6 is 0 Å². The minimum Gasteiger partial charge on any atom is -0.344 e. The van der Waals surface area contributed by atoms with Gasteiger partial charge in [0.05, 0.1) is 7.11 Å². The lowest BCUT2D eigenvalue weighted by molar-refractivity contribution is -0.135. The fraction of sp³-hybridized carbons (Fsp3) is 0.500. The highest BCUT2D eigenvalue weighted by atomic mass is 16.6. The van der Waals surface area contributed by atoms with Crippen LogP contribution in [-0.4, -0.2) is 25.0 Å². The Bertz CT molecular complexity index is 204. The fourth-order valence-corrected chi connectivity index (χ4v) is 0.815. The van der Waals surface area contributed by atoms with E-state index in [2.05, 4.69) is 22.2 Å². The zero-order valence-corrected chi connectivity index (χ0v) is 7.79. The topological polar surface area (TPSA) is 67.4 Å². The number of carbonyl (C=O) groups is 2. The van der Waals surface area contributed by atoms with Crippen molar-refractivity contribution in [2.75, 3.05) is 7.11 Å². The number of nitrogens with one attached hydrogen (secondary N) is 2. The van der Waals surface area contributed by atoms with Gasteiger partial charge in [-0.2, -0.15) is 0 Å². The molecule has 0 aromatic rings. The largest absolute Gasteiger partial charge is 0.344 e. The normalized spacial score (nSPS) is 11.5. The van der Waals surface area contributed by atoms with Gasteiger partial charge < -0.3 is 5.32 Å². The van der Waals surface area contributed by atoms with Crippen LogP contribution in [0.2, 0.25) is 0 Å². The van der Waals surface area contributed by atoms with E-state index in [0.717, 1.165) is 0 Å². The van der Waals surface area contributed by atoms with Crippen molar-refractivity contribution in [3.8, 4) is 0 Å². The van der Waals surface area contributed by atoms with Crippen molar-refractivity contribution in [3.63, 3.8) is 0 Å². The molecular weight excluding hydrogens is 172 g/mol. The SMILES string of the molecule is C=CCC(NC(C)=O)C(=O)NOC. The first kappa shape index (κ1) is 11.6. The second kappa shape index (κ2) is 6.19. The quantitative estimate of drug-likeness (QED) is 0.459. The smallest absolute Gasteiger partial charge is 0.266 e. The van der Waals surface area contributed by atoms with Gasteiger partial charge in [-0.25, -0.2) is 5.48 Å². The fourth-order valence-electron chi connectivity index (χ4n) is 0.815. The van der Waals surface area contributed by atoms with E-state index in [1.807, 2.05) is 0 Å². The van der Waals surface area contributed by atoms with Crippen LogP contribution < -0.4 is 10.8 Å². The minimum atomic E-state index is -0.616. The van der Waals surface area contributed by atoms with Gasteiger partial charge in [-0.05, 0) is 6.42 Å². The zero-order valence-electron chi connectivity index (χ0n) is 7.79. The highest BCUT2D eigenvalue weighted by Crippen LogP contribution is 1.92. The molecule has 0 aliphatic rings. The minimum absolute atomic E-state index is 0.266. The van der Waals surface area contributed by atoms with E-state index < -0.39 is 11.9 Å². The van der Waals surface area contributed by atoms with E-state index >= 15 is 0 Å². The van der Waals surface area contributed by atoms with E-state index in [4.69, 9.17) is 0 Å². The van der Waals surface area contributed by atoms with Crippen molar-refractivity contribution in [2.24, 2.45) is 0 Å². The number of carbonyl (C=O) groups excluding carboxylic acids is 2. The molecule has 2 N–H and O–H groups in total. The molecule has 74 valence electrons. The van der Waals surface area contributed by atoms with Gasteiger partial charge in [0.2, 0.25) is 5.91 Å². The van der Waals surface area contributed by atoms with Crippen LogP contribution in [-0.2, 0) is 14.4 Å². The van der Waals surface area contributed by atoms with Crippen LogP contribution in [0, 0.1) is 0 Å². The van der Waals surface area contributed by atoms with Crippen molar-refractivity contribution in [1.29, 1.82) is 0 Å². The van der Waals surface area contributed by atoms with E-state index in [9.17, 15) is 9.59 Å². The third-order valence-electron chi connectivity index (χ3n) is 1.30. The third kappa shape index (κ3) is 4.97. The van der Waals surface area contributed by atoms with Gasteiger partial charge in [-0.1, -0.05) is 6.08 Å². The Labute approximate surface area is 77.1 Å². The van der Waals surface area contributed by atoms with Crippen molar-refractivity contribution in [2.45, 2.75) is 19.4 Å². The van der Waals surface area contributed by atoms with E-state index in [1.165, 1.54) is 14.0 Å². The molecular formula is C8H14N2O3. The molecule has 0 aliphatic carbocycles. The monoisotopic (exact) mass is 186 g/mol. The van der Waals surface area contributed by atoms with Gasteiger partial charge in [0.15, 0.2) is 0 Å². The van der Waals surface area contributed by atoms with Crippen LogP contribution in [0.25, 0.3) is 0 Å². The number of rotatable bonds is 5. The van der Waals surface area contributed by atoms with Crippen LogP contribution in [0.15, 0.2) is 12.7 Å². The van der Waals surface area contributed by atoms with Crippen LogP contribution in [0.3, 0.4) is 0 Å². The molecule has 0 heterocycles. The molecule has 2 amide bonds. The summed E-state index contributed by atoms with van der Waals surface area (Å²) in [6.45, 7) is 4.82. The molecule has 0 bridgehead atoms. The summed E-state index contributed by atoms with van der Waals surface area (Å²) < 4.78 is 0. The zero-order chi connectivity index (χ0) is 10.3. The highest BCUT2D eigenvalue weighted by Gasteiger charge is 2.16. The molecule has 0 rings (SSSR count). The summed E-state index contributed by atoms with van der Waals surface area (Å²) in [5, 5.41) is 2.46. The van der Waals surface area contributed by atoms with E-state index in [1.54, 1.807) is 6.08 Å². The molecule has 5 heteroatoms. The van der Waals surface area contributed by atoms with Crippen molar-refractivity contribution in [1.82, 2.24) is 10.8 Å². The summed E-state index contributed by atoms with van der Waals surface area (Å²) in [5.74, 6) is -0.657. The predicted octanol–water partition coefficient (Wildman–Crippen LogP) is -0.255. The number of hydrogen-bond donors (Lipinski definition) is 2. The molecule has 0 spiro atoms. The second-order valence-electron chi connectivity index (χ2n) is 2.45. The van der Waals surface area contributed by atoms with Crippen molar-refractivity contribution in [3.05, 3.63) is 12.7 Å². The van der Waals surface area contributed by atoms with Crippen molar-refractivity contribution < 1.29 is 14.4 Å². The van der Waals surface area contributed by atoms with Crippen LogP contribution in [0.4, 0.5) is 0 Å². The second-order valence-corrected chi connectivity index (χ2v) is 2.45. The molecule has 0 aromatic heterocycles. The summed E-state index contributed by atoms with van der Waals surface area (Å²) in [6.07, 6.45) is 1.92. The molecule has 0 aliphatic heterocycles. The average Bonchev–Trinajstić information content (AvgIpc) is 2.03. The Morgan fingerprint density at radius 1 is 1.62 bits per heavy atom.